The Morgan fingerprint density at radius 3 is 2.29 bits per heavy atom. The molecule has 2 bridgehead atoms. The van der Waals surface area contributed by atoms with Crippen molar-refractivity contribution in [1.29, 1.82) is 0 Å². The number of imide groups is 1. The van der Waals surface area contributed by atoms with E-state index in [0.29, 0.717) is 11.4 Å². The molecule has 1 N–H and O–H groups in total. The number of rotatable bonds is 4. The van der Waals surface area contributed by atoms with E-state index in [2.05, 4.69) is 26.1 Å². The number of benzene rings is 1. The van der Waals surface area contributed by atoms with Crippen molar-refractivity contribution >= 4 is 23.4 Å². The molecule has 1 aromatic carbocycles. The molecule has 6 heteroatoms. The Morgan fingerprint density at radius 2 is 1.75 bits per heavy atom. The van der Waals surface area contributed by atoms with Crippen LogP contribution in [0.2, 0.25) is 0 Å². The van der Waals surface area contributed by atoms with Gasteiger partial charge in [0.25, 0.3) is 0 Å². The van der Waals surface area contributed by atoms with Crippen molar-refractivity contribution in [2.24, 2.45) is 23.7 Å². The number of carbonyl (C=O) groups is 3. The second kappa shape index (κ2) is 6.47. The van der Waals surface area contributed by atoms with Gasteiger partial charge in [-0.3, -0.25) is 19.3 Å². The average Bonchev–Trinajstić information content (AvgIpc) is 3.31. The molecule has 1 aliphatic heterocycles. The minimum Gasteiger partial charge on any atom is -0.495 e. The van der Waals surface area contributed by atoms with E-state index in [-0.39, 0.29) is 47.4 Å². The molecule has 3 aliphatic rings. The summed E-state index contributed by atoms with van der Waals surface area (Å²) >= 11 is 0. The molecule has 2 aliphatic carbocycles. The summed E-state index contributed by atoms with van der Waals surface area (Å²) in [5.74, 6) is -0.560. The van der Waals surface area contributed by atoms with Crippen LogP contribution in [-0.4, -0.2) is 36.3 Å². The first-order chi connectivity index (χ1) is 13.2. The first-order valence-corrected chi connectivity index (χ1v) is 9.72. The van der Waals surface area contributed by atoms with Crippen molar-refractivity contribution in [2.75, 3.05) is 19.0 Å². The van der Waals surface area contributed by atoms with E-state index in [9.17, 15) is 14.4 Å². The lowest BCUT2D eigenvalue weighted by molar-refractivity contribution is -0.143. The highest BCUT2D eigenvalue weighted by Gasteiger charge is 2.59. The third-order valence-corrected chi connectivity index (χ3v) is 6.20. The van der Waals surface area contributed by atoms with Crippen LogP contribution in [0.1, 0.15) is 32.8 Å². The third kappa shape index (κ3) is 2.91. The number of methoxy groups -OCH3 is 1. The zero-order chi connectivity index (χ0) is 20.2. The zero-order valence-corrected chi connectivity index (χ0v) is 16.7. The van der Waals surface area contributed by atoms with Gasteiger partial charge in [0, 0.05) is 0 Å². The van der Waals surface area contributed by atoms with Crippen LogP contribution >= 0.6 is 0 Å². The van der Waals surface area contributed by atoms with Crippen LogP contribution in [0.4, 0.5) is 5.69 Å². The van der Waals surface area contributed by atoms with Crippen LogP contribution < -0.4 is 10.1 Å². The van der Waals surface area contributed by atoms with Crippen molar-refractivity contribution < 1.29 is 19.1 Å². The summed E-state index contributed by atoms with van der Waals surface area (Å²) in [5.41, 5.74) is 1.51. The van der Waals surface area contributed by atoms with Crippen LogP contribution in [-0.2, 0) is 19.8 Å². The SMILES string of the molecule is COc1ccc(C(C)(C)C)cc1NC(=O)CN1C(=O)[C@@H]2[C@H](C1=O)[C@@H]1C=C[C@H]2C1. The van der Waals surface area contributed by atoms with Crippen LogP contribution in [0.3, 0.4) is 0 Å². The number of ether oxygens (including phenoxy) is 1. The summed E-state index contributed by atoms with van der Waals surface area (Å²) in [7, 11) is 1.54. The molecule has 0 spiro atoms. The van der Waals surface area contributed by atoms with E-state index in [1.807, 2.05) is 30.4 Å². The summed E-state index contributed by atoms with van der Waals surface area (Å²) in [6, 6.07) is 5.66. The molecular weight excluding hydrogens is 356 g/mol. The molecule has 148 valence electrons. The van der Waals surface area contributed by atoms with Crippen LogP contribution in [0.15, 0.2) is 30.4 Å². The van der Waals surface area contributed by atoms with E-state index in [1.165, 1.54) is 0 Å². The topological polar surface area (TPSA) is 75.7 Å². The van der Waals surface area contributed by atoms with Gasteiger partial charge in [-0.25, -0.2) is 0 Å². The average molecular weight is 382 g/mol. The molecule has 28 heavy (non-hydrogen) atoms. The van der Waals surface area contributed by atoms with E-state index in [1.54, 1.807) is 7.11 Å². The first-order valence-electron chi connectivity index (χ1n) is 9.72. The van der Waals surface area contributed by atoms with Gasteiger partial charge < -0.3 is 10.1 Å². The number of carbonyl (C=O) groups excluding carboxylic acids is 3. The number of hydrogen-bond acceptors (Lipinski definition) is 4. The second-order valence-corrected chi connectivity index (χ2v) is 8.98. The third-order valence-electron chi connectivity index (χ3n) is 6.20. The van der Waals surface area contributed by atoms with E-state index >= 15 is 0 Å². The highest BCUT2D eigenvalue weighted by molar-refractivity contribution is 6.09. The fourth-order valence-corrected chi connectivity index (χ4v) is 4.73. The molecule has 1 saturated carbocycles. The number of fused-ring (bicyclic) bond motifs is 5. The van der Waals surface area contributed by atoms with Crippen molar-refractivity contribution in [2.45, 2.75) is 32.6 Å². The maximum Gasteiger partial charge on any atom is 0.244 e. The first kappa shape index (κ1) is 18.7. The molecule has 4 rings (SSSR count). The summed E-state index contributed by atoms with van der Waals surface area (Å²) in [5, 5.41) is 2.82. The van der Waals surface area contributed by atoms with Crippen LogP contribution in [0.5, 0.6) is 5.75 Å². The molecule has 4 atom stereocenters. The summed E-state index contributed by atoms with van der Waals surface area (Å²) in [6.07, 6.45) is 4.97. The van der Waals surface area contributed by atoms with Crippen molar-refractivity contribution in [1.82, 2.24) is 4.90 Å². The molecule has 3 amide bonds. The molecule has 6 nitrogen and oxygen atoms in total. The molecule has 1 saturated heterocycles. The normalized spacial score (nSPS) is 28.1. The lowest BCUT2D eigenvalue weighted by atomic mass is 9.85. The smallest absolute Gasteiger partial charge is 0.244 e. The Labute approximate surface area is 164 Å². The van der Waals surface area contributed by atoms with Gasteiger partial charge in [-0.2, -0.15) is 0 Å². The molecule has 2 fully saturated rings. The van der Waals surface area contributed by atoms with Gasteiger partial charge in [-0.1, -0.05) is 39.0 Å². The number of allylic oxidation sites excluding steroid dienone is 2. The minimum atomic E-state index is -0.397. The fourth-order valence-electron chi connectivity index (χ4n) is 4.73. The second-order valence-electron chi connectivity index (χ2n) is 8.98. The molecular formula is C22H26N2O4. The summed E-state index contributed by atoms with van der Waals surface area (Å²) in [6.45, 7) is 6.00. The summed E-state index contributed by atoms with van der Waals surface area (Å²) < 4.78 is 5.35. The Morgan fingerprint density at radius 1 is 1.14 bits per heavy atom. The number of nitrogens with zero attached hydrogens (tertiary/aromatic N) is 1. The lowest BCUT2D eigenvalue weighted by Gasteiger charge is -2.22. The standard InChI is InChI=1S/C22H26N2O4/c1-22(2,3)14-7-8-16(28-4)15(10-14)23-17(25)11-24-20(26)18-12-5-6-13(9-12)19(18)21(24)27/h5-8,10,12-13,18-19H,9,11H2,1-4H3,(H,23,25)/t12-,13+,18-,19+. The quantitative estimate of drug-likeness (QED) is 0.642. The maximum absolute atomic E-state index is 12.8. The van der Waals surface area contributed by atoms with Gasteiger partial charge in [0.15, 0.2) is 0 Å². The van der Waals surface area contributed by atoms with Crippen LogP contribution in [0, 0.1) is 23.7 Å². The highest BCUT2D eigenvalue weighted by atomic mass is 16.5. The number of hydrogen-bond donors (Lipinski definition) is 1. The highest BCUT2D eigenvalue weighted by Crippen LogP contribution is 2.52. The molecule has 0 unspecified atom stereocenters. The van der Waals surface area contributed by atoms with E-state index in [4.69, 9.17) is 4.74 Å². The number of likely N-dealkylation sites (tertiary alicyclic amines) is 1. The number of anilines is 1. The fraction of sp³-hybridized carbons (Fsp3) is 0.500. The van der Waals surface area contributed by atoms with Crippen molar-refractivity contribution in [3.05, 3.63) is 35.9 Å². The predicted octanol–water partition coefficient (Wildman–Crippen LogP) is 2.74. The number of amides is 3. The molecule has 1 aromatic rings. The predicted molar refractivity (Wildman–Crippen MR) is 105 cm³/mol. The Bertz CT molecular complexity index is 853. The lowest BCUT2D eigenvalue weighted by Crippen LogP contribution is -2.39. The zero-order valence-electron chi connectivity index (χ0n) is 16.7. The van der Waals surface area contributed by atoms with Gasteiger partial charge in [-0.15, -0.1) is 0 Å². The Kier molecular flexibility index (Phi) is 4.32. The Hall–Kier alpha value is -2.63. The molecule has 1 heterocycles. The minimum absolute atomic E-state index is 0.0869. The largest absolute Gasteiger partial charge is 0.495 e. The van der Waals surface area contributed by atoms with Gasteiger partial charge in [0.05, 0.1) is 24.6 Å². The van der Waals surface area contributed by atoms with E-state index < -0.39 is 5.91 Å². The van der Waals surface area contributed by atoms with E-state index in [0.717, 1.165) is 16.9 Å². The summed E-state index contributed by atoms with van der Waals surface area (Å²) in [4.78, 5) is 39.3. The molecule has 0 radical (unpaired) electrons. The van der Waals surface area contributed by atoms with Gasteiger partial charge in [-0.05, 0) is 41.4 Å². The Balaban J connectivity index is 1.50. The van der Waals surface area contributed by atoms with Crippen molar-refractivity contribution in [3.63, 3.8) is 0 Å². The van der Waals surface area contributed by atoms with Gasteiger partial charge in [0.2, 0.25) is 17.7 Å². The van der Waals surface area contributed by atoms with Gasteiger partial charge in [0.1, 0.15) is 12.3 Å². The maximum atomic E-state index is 12.8. The monoisotopic (exact) mass is 382 g/mol. The number of nitrogens with one attached hydrogen (secondary N) is 1. The molecule has 0 aromatic heterocycles. The van der Waals surface area contributed by atoms with Crippen molar-refractivity contribution in [3.8, 4) is 5.75 Å². The van der Waals surface area contributed by atoms with Gasteiger partial charge >= 0.3 is 0 Å². The van der Waals surface area contributed by atoms with Crippen LogP contribution in [0.25, 0.3) is 0 Å².